The van der Waals surface area contributed by atoms with Gasteiger partial charge in [0, 0.05) is 17.2 Å². The molecule has 2 aromatic carbocycles. The lowest BCUT2D eigenvalue weighted by Gasteiger charge is -2.12. The second-order valence-corrected chi connectivity index (χ2v) is 5.57. The maximum atomic E-state index is 12.1. The largest absolute Gasteiger partial charge is 0.436 e. The molecule has 0 saturated heterocycles. The van der Waals surface area contributed by atoms with Crippen LogP contribution in [-0.4, -0.2) is 10.9 Å². The van der Waals surface area contributed by atoms with Crippen molar-refractivity contribution in [1.82, 2.24) is 4.98 Å². The number of nitrogens with one attached hydrogen (secondary N) is 1. The molecule has 0 unspecified atom stereocenters. The van der Waals surface area contributed by atoms with Crippen molar-refractivity contribution in [3.63, 3.8) is 0 Å². The molecule has 0 radical (unpaired) electrons. The van der Waals surface area contributed by atoms with Gasteiger partial charge in [0.25, 0.3) is 0 Å². The predicted octanol–water partition coefficient (Wildman–Crippen LogP) is 4.87. The van der Waals surface area contributed by atoms with E-state index in [0.29, 0.717) is 5.89 Å². The maximum Gasteiger partial charge on any atom is 0.227 e. The molecule has 118 valence electrons. The molecular formula is C19H20N2O2. The third-order valence-corrected chi connectivity index (χ3v) is 4.05. The highest BCUT2D eigenvalue weighted by Crippen LogP contribution is 2.25. The second kappa shape index (κ2) is 6.65. The van der Waals surface area contributed by atoms with E-state index in [1.165, 1.54) is 0 Å². The lowest BCUT2D eigenvalue weighted by atomic mass is 10.0. The van der Waals surface area contributed by atoms with Crippen molar-refractivity contribution in [3.05, 3.63) is 48.5 Å². The van der Waals surface area contributed by atoms with E-state index in [9.17, 15) is 4.79 Å². The molecule has 3 rings (SSSR count). The zero-order valence-corrected chi connectivity index (χ0v) is 13.4. The number of anilines is 1. The zero-order chi connectivity index (χ0) is 16.2. The minimum atomic E-state index is 0.0618. The zero-order valence-electron chi connectivity index (χ0n) is 13.4. The van der Waals surface area contributed by atoms with E-state index in [2.05, 4.69) is 10.3 Å². The summed E-state index contributed by atoms with van der Waals surface area (Å²) in [6.45, 7) is 4.06. The van der Waals surface area contributed by atoms with Crippen LogP contribution in [0.5, 0.6) is 0 Å². The van der Waals surface area contributed by atoms with Gasteiger partial charge < -0.3 is 9.73 Å². The third kappa shape index (κ3) is 3.26. The highest BCUT2D eigenvalue weighted by Gasteiger charge is 2.14. The second-order valence-electron chi connectivity index (χ2n) is 5.57. The molecule has 3 aromatic rings. The van der Waals surface area contributed by atoms with Crippen LogP contribution >= 0.6 is 0 Å². The van der Waals surface area contributed by atoms with E-state index >= 15 is 0 Å². The highest BCUT2D eigenvalue weighted by atomic mass is 16.3. The van der Waals surface area contributed by atoms with Gasteiger partial charge in [0.05, 0.1) is 0 Å². The summed E-state index contributed by atoms with van der Waals surface area (Å²) in [5.41, 5.74) is 3.30. The molecule has 1 aromatic heterocycles. The van der Waals surface area contributed by atoms with Gasteiger partial charge in [-0.05, 0) is 49.2 Å². The summed E-state index contributed by atoms with van der Waals surface area (Å²) in [4.78, 5) is 16.6. The molecule has 0 aliphatic rings. The minimum Gasteiger partial charge on any atom is -0.436 e. The first kappa shape index (κ1) is 15.3. The van der Waals surface area contributed by atoms with Gasteiger partial charge in [-0.25, -0.2) is 4.98 Å². The summed E-state index contributed by atoms with van der Waals surface area (Å²) >= 11 is 0. The molecule has 1 heterocycles. The van der Waals surface area contributed by atoms with Gasteiger partial charge in [-0.3, -0.25) is 4.79 Å². The fourth-order valence-corrected chi connectivity index (χ4v) is 2.60. The van der Waals surface area contributed by atoms with Gasteiger partial charge in [0.15, 0.2) is 5.58 Å². The number of fused-ring (bicyclic) bond motifs is 1. The van der Waals surface area contributed by atoms with E-state index in [4.69, 9.17) is 4.42 Å². The number of carbonyl (C=O) groups excluding carboxylic acids is 1. The lowest BCUT2D eigenvalue weighted by Crippen LogP contribution is -2.21. The Bertz CT molecular complexity index is 769. The Morgan fingerprint density at radius 2 is 1.78 bits per heavy atom. The van der Waals surface area contributed by atoms with Gasteiger partial charge in [-0.2, -0.15) is 0 Å². The fourth-order valence-electron chi connectivity index (χ4n) is 2.60. The molecule has 4 heteroatoms. The average Bonchev–Trinajstić information content (AvgIpc) is 3.00. The Kier molecular flexibility index (Phi) is 4.42. The number of nitrogens with zero attached hydrogens (tertiary/aromatic N) is 1. The van der Waals surface area contributed by atoms with Crippen molar-refractivity contribution in [2.75, 3.05) is 5.32 Å². The monoisotopic (exact) mass is 308 g/mol. The van der Waals surface area contributed by atoms with Gasteiger partial charge in [-0.15, -0.1) is 0 Å². The molecule has 0 fully saturated rings. The molecule has 4 nitrogen and oxygen atoms in total. The van der Waals surface area contributed by atoms with E-state index in [-0.39, 0.29) is 11.8 Å². The SMILES string of the molecule is CCC(CC)C(=O)Nc1ccc(-c2nc3ccccc3o2)cc1. The quantitative estimate of drug-likeness (QED) is 0.731. The number of amides is 1. The number of hydrogen-bond donors (Lipinski definition) is 1. The van der Waals surface area contributed by atoms with Crippen LogP contribution < -0.4 is 5.32 Å². The maximum absolute atomic E-state index is 12.1. The van der Waals surface area contributed by atoms with Crippen molar-refractivity contribution < 1.29 is 9.21 Å². The topological polar surface area (TPSA) is 55.1 Å². The van der Waals surface area contributed by atoms with Crippen LogP contribution in [0.25, 0.3) is 22.6 Å². The van der Waals surface area contributed by atoms with E-state index in [1.54, 1.807) is 0 Å². The van der Waals surface area contributed by atoms with Gasteiger partial charge in [0.1, 0.15) is 5.52 Å². The average molecular weight is 308 g/mol. The first-order valence-electron chi connectivity index (χ1n) is 7.98. The van der Waals surface area contributed by atoms with Crippen molar-refractivity contribution in [3.8, 4) is 11.5 Å². The molecule has 0 atom stereocenters. The Morgan fingerprint density at radius 1 is 1.09 bits per heavy atom. The van der Waals surface area contributed by atoms with Crippen LogP contribution in [0.15, 0.2) is 52.9 Å². The van der Waals surface area contributed by atoms with Crippen LogP contribution in [-0.2, 0) is 4.79 Å². The van der Waals surface area contributed by atoms with E-state index in [1.807, 2.05) is 62.4 Å². The lowest BCUT2D eigenvalue weighted by molar-refractivity contribution is -0.120. The Hall–Kier alpha value is -2.62. The molecule has 0 spiro atoms. The normalized spacial score (nSPS) is 11.1. The van der Waals surface area contributed by atoms with E-state index in [0.717, 1.165) is 35.2 Å². The van der Waals surface area contributed by atoms with Gasteiger partial charge >= 0.3 is 0 Å². The van der Waals surface area contributed by atoms with Crippen molar-refractivity contribution in [2.24, 2.45) is 5.92 Å². The summed E-state index contributed by atoms with van der Waals surface area (Å²) in [6.07, 6.45) is 1.70. The smallest absolute Gasteiger partial charge is 0.227 e. The van der Waals surface area contributed by atoms with Crippen molar-refractivity contribution in [1.29, 1.82) is 0 Å². The predicted molar refractivity (Wildman–Crippen MR) is 92.1 cm³/mol. The highest BCUT2D eigenvalue weighted by molar-refractivity contribution is 5.92. The first-order chi connectivity index (χ1) is 11.2. The molecule has 1 N–H and O–H groups in total. The van der Waals surface area contributed by atoms with Crippen LogP contribution in [0.3, 0.4) is 0 Å². The van der Waals surface area contributed by atoms with Crippen LogP contribution in [0, 0.1) is 5.92 Å². The molecule has 23 heavy (non-hydrogen) atoms. The Labute approximate surface area is 135 Å². The molecule has 0 bridgehead atoms. The summed E-state index contributed by atoms with van der Waals surface area (Å²) in [7, 11) is 0. The minimum absolute atomic E-state index is 0.0618. The standard InChI is InChI=1S/C19H20N2O2/c1-3-13(4-2)18(22)20-15-11-9-14(10-12-15)19-21-16-7-5-6-8-17(16)23-19/h5-13H,3-4H2,1-2H3,(H,20,22). The number of aromatic nitrogens is 1. The molecule has 0 aliphatic carbocycles. The number of carbonyl (C=O) groups is 1. The van der Waals surface area contributed by atoms with Gasteiger partial charge in [-0.1, -0.05) is 26.0 Å². The molecule has 1 amide bonds. The number of rotatable bonds is 5. The number of hydrogen-bond acceptors (Lipinski definition) is 3. The van der Waals surface area contributed by atoms with Crippen LogP contribution in [0.4, 0.5) is 5.69 Å². The van der Waals surface area contributed by atoms with Crippen LogP contribution in [0.1, 0.15) is 26.7 Å². The van der Waals surface area contributed by atoms with Crippen molar-refractivity contribution >= 4 is 22.7 Å². The molecule has 0 saturated carbocycles. The van der Waals surface area contributed by atoms with Gasteiger partial charge in [0.2, 0.25) is 11.8 Å². The molecular weight excluding hydrogens is 288 g/mol. The summed E-state index contributed by atoms with van der Waals surface area (Å²) in [6, 6.07) is 15.3. The number of para-hydroxylation sites is 2. The Morgan fingerprint density at radius 3 is 2.43 bits per heavy atom. The van der Waals surface area contributed by atoms with Crippen LogP contribution in [0.2, 0.25) is 0 Å². The summed E-state index contributed by atoms with van der Waals surface area (Å²) in [5, 5.41) is 2.96. The summed E-state index contributed by atoms with van der Waals surface area (Å²) < 4.78 is 5.75. The summed E-state index contributed by atoms with van der Waals surface area (Å²) in [5.74, 6) is 0.723. The fraction of sp³-hybridized carbons (Fsp3) is 0.263. The Balaban J connectivity index is 1.78. The molecule has 0 aliphatic heterocycles. The third-order valence-electron chi connectivity index (χ3n) is 4.05. The van der Waals surface area contributed by atoms with E-state index < -0.39 is 0 Å². The van der Waals surface area contributed by atoms with Crippen molar-refractivity contribution in [2.45, 2.75) is 26.7 Å². The first-order valence-corrected chi connectivity index (χ1v) is 7.98. The number of oxazole rings is 1. The number of benzene rings is 2.